The van der Waals surface area contributed by atoms with Crippen LogP contribution in [0.25, 0.3) is 0 Å². The molecular formula is C13H13F3N2O5S. The molecule has 0 unspecified atom stereocenters. The van der Waals surface area contributed by atoms with E-state index in [4.69, 9.17) is 17.7 Å². The van der Waals surface area contributed by atoms with Gasteiger partial charge >= 0.3 is 17.3 Å². The van der Waals surface area contributed by atoms with Crippen LogP contribution in [0.2, 0.25) is 0 Å². The lowest BCUT2D eigenvalue weighted by molar-refractivity contribution is -0.673. The van der Waals surface area contributed by atoms with Gasteiger partial charge in [-0.15, -0.1) is 0 Å². The van der Waals surface area contributed by atoms with E-state index >= 15 is 0 Å². The van der Waals surface area contributed by atoms with Crippen molar-refractivity contribution in [2.75, 3.05) is 0 Å². The Morgan fingerprint density at radius 2 is 1.75 bits per heavy atom. The highest BCUT2D eigenvalue weighted by Crippen LogP contribution is 2.20. The fourth-order valence-electron chi connectivity index (χ4n) is 1.52. The first-order valence-electron chi connectivity index (χ1n) is 6.24. The number of carbonyl (C=O) groups excluding carboxylic acids is 1. The second kappa shape index (κ2) is 7.45. The van der Waals surface area contributed by atoms with Gasteiger partial charge in [-0.3, -0.25) is 0 Å². The SMILES string of the molecule is Cn1cc[n+](C)c1C(=O)Oc1ccccc1.O=S(=O)([O-])C(F)(F)F. The second-order valence-electron chi connectivity index (χ2n) is 4.45. The molecular weight excluding hydrogens is 353 g/mol. The molecule has 0 aliphatic heterocycles. The Morgan fingerprint density at radius 3 is 2.12 bits per heavy atom. The van der Waals surface area contributed by atoms with Crippen molar-refractivity contribution in [3.63, 3.8) is 0 Å². The number of nitrogens with zero attached hydrogens (tertiary/aromatic N) is 2. The van der Waals surface area contributed by atoms with Crippen LogP contribution < -0.4 is 9.30 Å². The Balaban J connectivity index is 0.000000307. The molecule has 1 aromatic carbocycles. The van der Waals surface area contributed by atoms with Crippen LogP contribution in [-0.2, 0) is 24.2 Å². The summed E-state index contributed by atoms with van der Waals surface area (Å²) in [5, 5.41) is 0. The zero-order valence-corrected chi connectivity index (χ0v) is 13.3. The first-order valence-corrected chi connectivity index (χ1v) is 7.64. The van der Waals surface area contributed by atoms with Gasteiger partial charge in [-0.2, -0.15) is 13.2 Å². The number of hydrogen-bond donors (Lipinski definition) is 0. The zero-order valence-electron chi connectivity index (χ0n) is 12.5. The predicted octanol–water partition coefficient (Wildman–Crippen LogP) is 1.12. The topological polar surface area (TPSA) is 92.3 Å². The Bertz CT molecular complexity index is 781. The Morgan fingerprint density at radius 1 is 1.25 bits per heavy atom. The Labute approximate surface area is 135 Å². The molecule has 0 radical (unpaired) electrons. The molecule has 2 rings (SSSR count). The number of imidazole rings is 1. The van der Waals surface area contributed by atoms with Gasteiger partial charge in [0, 0.05) is 0 Å². The molecule has 0 saturated heterocycles. The van der Waals surface area contributed by atoms with Crippen molar-refractivity contribution in [2.24, 2.45) is 14.1 Å². The summed E-state index contributed by atoms with van der Waals surface area (Å²) in [6.45, 7) is 0. The number of esters is 1. The molecule has 0 aliphatic rings. The maximum atomic E-state index is 11.9. The maximum absolute atomic E-state index is 11.9. The number of benzene rings is 1. The minimum atomic E-state index is -6.09. The standard InChI is InChI=1S/C12H13N2O2.CHF3O3S/c1-13-8-9-14(2)11(13)12(15)16-10-6-4-3-5-7-10;2-1(3,4)8(5,6)7/h3-9H,1-2H3;(H,5,6,7)/q+1;/p-1. The van der Waals surface area contributed by atoms with E-state index in [1.807, 2.05) is 44.7 Å². The predicted molar refractivity (Wildman–Crippen MR) is 73.7 cm³/mol. The summed E-state index contributed by atoms with van der Waals surface area (Å²) in [4.78, 5) is 11.9. The highest BCUT2D eigenvalue weighted by atomic mass is 32.2. The van der Waals surface area contributed by atoms with E-state index in [9.17, 15) is 18.0 Å². The normalized spacial score (nSPS) is 11.4. The number of para-hydroxylation sites is 1. The van der Waals surface area contributed by atoms with Gasteiger partial charge in [0.05, 0.1) is 14.1 Å². The molecule has 0 fully saturated rings. The molecule has 2 aromatic rings. The Kier molecular flexibility index (Phi) is 6.10. The number of rotatable bonds is 2. The lowest BCUT2D eigenvalue weighted by atomic mass is 10.3. The fraction of sp³-hybridized carbons (Fsp3) is 0.231. The van der Waals surface area contributed by atoms with Crippen LogP contribution in [0.15, 0.2) is 42.7 Å². The summed E-state index contributed by atoms with van der Waals surface area (Å²) in [5.74, 6) is 0.693. The summed E-state index contributed by atoms with van der Waals surface area (Å²) in [5.41, 5.74) is -5.65. The molecule has 24 heavy (non-hydrogen) atoms. The van der Waals surface area contributed by atoms with Crippen molar-refractivity contribution in [3.8, 4) is 5.75 Å². The smallest absolute Gasteiger partial charge is 0.485 e. The van der Waals surface area contributed by atoms with Crippen LogP contribution in [0.5, 0.6) is 5.75 Å². The highest BCUT2D eigenvalue weighted by Gasteiger charge is 2.36. The quantitative estimate of drug-likeness (QED) is 0.261. The molecule has 0 aliphatic carbocycles. The largest absolute Gasteiger partial charge is 0.741 e. The van der Waals surface area contributed by atoms with Crippen molar-refractivity contribution < 1.29 is 40.2 Å². The van der Waals surface area contributed by atoms with Gasteiger partial charge in [0.15, 0.2) is 10.1 Å². The van der Waals surface area contributed by atoms with Gasteiger partial charge in [-0.05, 0) is 12.1 Å². The number of hydrogen-bond acceptors (Lipinski definition) is 5. The minimum Gasteiger partial charge on any atom is -0.741 e. The number of carbonyl (C=O) groups is 1. The number of ether oxygens (including phenoxy) is 1. The number of halogens is 3. The van der Waals surface area contributed by atoms with Crippen LogP contribution in [0.3, 0.4) is 0 Å². The Hall–Kier alpha value is -2.40. The van der Waals surface area contributed by atoms with Gasteiger partial charge in [-0.25, -0.2) is 22.3 Å². The zero-order chi connectivity index (χ0) is 18.5. The lowest BCUT2D eigenvalue weighted by Crippen LogP contribution is -2.36. The lowest BCUT2D eigenvalue weighted by Gasteiger charge is -2.08. The second-order valence-corrected chi connectivity index (χ2v) is 5.82. The van der Waals surface area contributed by atoms with E-state index in [1.54, 1.807) is 21.3 Å². The van der Waals surface area contributed by atoms with Gasteiger partial charge in [-0.1, -0.05) is 18.2 Å². The average molecular weight is 366 g/mol. The van der Waals surface area contributed by atoms with Crippen LogP contribution in [0.4, 0.5) is 13.2 Å². The molecule has 7 nitrogen and oxygen atoms in total. The maximum Gasteiger partial charge on any atom is 0.485 e. The third-order valence-electron chi connectivity index (χ3n) is 2.60. The first kappa shape index (κ1) is 19.6. The third kappa shape index (κ3) is 5.35. The fourth-order valence-corrected chi connectivity index (χ4v) is 1.52. The molecule has 0 N–H and O–H groups in total. The summed E-state index contributed by atoms with van der Waals surface area (Å²) in [6.07, 6.45) is 3.61. The van der Waals surface area contributed by atoms with Crippen LogP contribution >= 0.6 is 0 Å². The van der Waals surface area contributed by atoms with E-state index in [0.717, 1.165) is 0 Å². The molecule has 132 valence electrons. The summed E-state index contributed by atoms with van der Waals surface area (Å²) in [6, 6.07) is 9.03. The van der Waals surface area contributed by atoms with E-state index in [-0.39, 0.29) is 5.97 Å². The van der Waals surface area contributed by atoms with Gasteiger partial charge in [0.2, 0.25) is 0 Å². The molecule has 1 heterocycles. The van der Waals surface area contributed by atoms with E-state index < -0.39 is 15.6 Å². The van der Waals surface area contributed by atoms with Gasteiger partial charge in [0.1, 0.15) is 18.1 Å². The van der Waals surface area contributed by atoms with E-state index in [2.05, 4.69) is 0 Å². The van der Waals surface area contributed by atoms with Gasteiger partial charge < -0.3 is 9.29 Å². The molecule has 0 amide bonds. The number of alkyl halides is 3. The third-order valence-corrected chi connectivity index (χ3v) is 3.17. The monoisotopic (exact) mass is 366 g/mol. The molecule has 1 aromatic heterocycles. The summed E-state index contributed by atoms with van der Waals surface area (Å²) >= 11 is 0. The van der Waals surface area contributed by atoms with Gasteiger partial charge in [0.25, 0.3) is 0 Å². The minimum absolute atomic E-state index is 0.360. The van der Waals surface area contributed by atoms with E-state index in [1.165, 1.54) is 0 Å². The first-order chi connectivity index (χ1) is 10.9. The van der Waals surface area contributed by atoms with Crippen molar-refractivity contribution >= 4 is 16.1 Å². The highest BCUT2D eigenvalue weighted by molar-refractivity contribution is 7.86. The molecule has 0 atom stereocenters. The van der Waals surface area contributed by atoms with Crippen LogP contribution in [0.1, 0.15) is 10.6 Å². The summed E-state index contributed by atoms with van der Waals surface area (Å²) in [7, 11) is -2.48. The van der Waals surface area contributed by atoms with Crippen molar-refractivity contribution in [1.29, 1.82) is 0 Å². The molecule has 0 bridgehead atoms. The molecule has 0 spiro atoms. The van der Waals surface area contributed by atoms with Crippen LogP contribution in [0, 0.1) is 0 Å². The van der Waals surface area contributed by atoms with Crippen molar-refractivity contribution in [3.05, 3.63) is 48.5 Å². The molecule has 0 saturated carbocycles. The van der Waals surface area contributed by atoms with Crippen molar-refractivity contribution in [1.82, 2.24) is 4.57 Å². The number of aromatic nitrogens is 2. The summed E-state index contributed by atoms with van der Waals surface area (Å²) < 4.78 is 67.6. The average Bonchev–Trinajstić information content (AvgIpc) is 2.77. The van der Waals surface area contributed by atoms with Crippen LogP contribution in [-0.4, -0.2) is 29.0 Å². The molecule has 11 heteroatoms. The van der Waals surface area contributed by atoms with Crippen molar-refractivity contribution in [2.45, 2.75) is 5.51 Å². The number of aryl methyl sites for hydroxylation is 2. The van der Waals surface area contributed by atoms with E-state index in [0.29, 0.717) is 11.6 Å².